The van der Waals surface area contributed by atoms with Gasteiger partial charge in [-0.25, -0.2) is 4.79 Å². The minimum absolute atomic E-state index is 0.0835. The van der Waals surface area contributed by atoms with Crippen LogP contribution >= 0.6 is 11.3 Å². The molecule has 0 unspecified atom stereocenters. The van der Waals surface area contributed by atoms with Gasteiger partial charge in [0.1, 0.15) is 5.69 Å². The summed E-state index contributed by atoms with van der Waals surface area (Å²) < 4.78 is 12.4. The molecular weight excluding hydrogens is 362 g/mol. The summed E-state index contributed by atoms with van der Waals surface area (Å²) >= 11 is 1.54. The second-order valence-electron chi connectivity index (χ2n) is 6.64. The lowest BCUT2D eigenvalue weighted by Gasteiger charge is -2.22. The van der Waals surface area contributed by atoms with Crippen LogP contribution in [0.2, 0.25) is 0 Å². The van der Waals surface area contributed by atoms with Crippen molar-refractivity contribution in [3.63, 3.8) is 0 Å². The van der Waals surface area contributed by atoms with E-state index in [2.05, 4.69) is 6.07 Å². The number of thiophene rings is 1. The van der Waals surface area contributed by atoms with Gasteiger partial charge in [0.15, 0.2) is 5.75 Å². The zero-order valence-corrected chi connectivity index (χ0v) is 15.9. The first-order chi connectivity index (χ1) is 13.0. The molecule has 0 saturated heterocycles. The summed E-state index contributed by atoms with van der Waals surface area (Å²) in [6.07, 6.45) is -0.278. The zero-order chi connectivity index (χ0) is 19.0. The number of benzene rings is 1. The number of carbonyl (C=O) groups excluding carboxylic acids is 1. The lowest BCUT2D eigenvalue weighted by atomic mass is 10.0. The van der Waals surface area contributed by atoms with E-state index < -0.39 is 6.16 Å². The van der Waals surface area contributed by atoms with Crippen LogP contribution in [0.3, 0.4) is 0 Å². The Hall–Kier alpha value is -2.86. The maximum Gasteiger partial charge on any atom is 0.514 e. The molecule has 0 fully saturated rings. The van der Waals surface area contributed by atoms with Gasteiger partial charge in [-0.15, -0.1) is 11.3 Å². The minimum Gasteiger partial charge on any atom is -0.431 e. The Labute approximate surface area is 160 Å². The van der Waals surface area contributed by atoms with Crippen molar-refractivity contribution >= 4 is 17.5 Å². The van der Waals surface area contributed by atoms with Crippen molar-refractivity contribution in [1.82, 2.24) is 4.57 Å². The Morgan fingerprint density at radius 1 is 1.19 bits per heavy atom. The molecule has 0 N–H and O–H groups in total. The lowest BCUT2D eigenvalue weighted by Crippen LogP contribution is -2.28. The van der Waals surface area contributed by atoms with E-state index in [1.54, 1.807) is 35.8 Å². The first-order valence-corrected chi connectivity index (χ1v) is 9.71. The number of pyridine rings is 1. The lowest BCUT2D eigenvalue weighted by molar-refractivity contribution is 0.0728. The van der Waals surface area contributed by atoms with Gasteiger partial charge in [0.25, 0.3) is 5.56 Å². The second kappa shape index (κ2) is 7.04. The quantitative estimate of drug-likeness (QED) is 0.616. The van der Waals surface area contributed by atoms with Gasteiger partial charge in [-0.2, -0.15) is 0 Å². The molecule has 0 saturated carbocycles. The van der Waals surface area contributed by atoms with Crippen molar-refractivity contribution in [2.45, 2.75) is 32.9 Å². The van der Waals surface area contributed by atoms with Gasteiger partial charge in [-0.1, -0.05) is 30.3 Å². The van der Waals surface area contributed by atoms with E-state index in [4.69, 9.17) is 9.47 Å². The summed E-state index contributed by atoms with van der Waals surface area (Å²) in [6.45, 7) is 4.08. The monoisotopic (exact) mass is 381 g/mol. The molecule has 6 heteroatoms. The minimum atomic E-state index is -0.769. The van der Waals surface area contributed by atoms with Crippen molar-refractivity contribution in [1.29, 1.82) is 0 Å². The molecule has 1 aromatic carbocycles. The predicted molar refractivity (Wildman–Crippen MR) is 105 cm³/mol. The molecule has 0 aliphatic carbocycles. The number of aryl methyl sites for hydroxylation is 1. The highest BCUT2D eigenvalue weighted by Crippen LogP contribution is 2.40. The maximum atomic E-state index is 13.2. The molecule has 1 aliphatic rings. The van der Waals surface area contributed by atoms with Crippen LogP contribution in [0.1, 0.15) is 19.4 Å². The van der Waals surface area contributed by atoms with Crippen molar-refractivity contribution in [3.05, 3.63) is 63.8 Å². The van der Waals surface area contributed by atoms with Gasteiger partial charge in [-0.05, 0) is 48.9 Å². The summed E-state index contributed by atoms with van der Waals surface area (Å²) in [5, 5.41) is 1.99. The average molecular weight is 381 g/mol. The highest BCUT2D eigenvalue weighted by Gasteiger charge is 2.26. The first kappa shape index (κ1) is 17.5. The van der Waals surface area contributed by atoms with Crippen LogP contribution in [0.25, 0.3) is 21.7 Å². The SMILES string of the molecule is CC(C)OC(=O)Oc1cc(-c2ccccc2)c(=O)n2c1-c1sccc1CC2. The maximum absolute atomic E-state index is 13.2. The molecule has 5 nitrogen and oxygen atoms in total. The largest absolute Gasteiger partial charge is 0.514 e. The molecule has 0 radical (unpaired) electrons. The predicted octanol–water partition coefficient (Wildman–Crippen LogP) is 4.72. The molecule has 0 atom stereocenters. The normalized spacial score (nSPS) is 12.4. The fraction of sp³-hybridized carbons (Fsp3) is 0.238. The fourth-order valence-electron chi connectivity index (χ4n) is 3.27. The van der Waals surface area contributed by atoms with Crippen molar-refractivity contribution < 1.29 is 14.3 Å². The third-order valence-electron chi connectivity index (χ3n) is 4.43. The third kappa shape index (κ3) is 3.28. The molecule has 4 rings (SSSR count). The number of fused-ring (bicyclic) bond motifs is 3. The van der Waals surface area contributed by atoms with E-state index in [0.29, 0.717) is 23.6 Å². The van der Waals surface area contributed by atoms with Crippen molar-refractivity contribution in [2.75, 3.05) is 0 Å². The topological polar surface area (TPSA) is 57.5 Å². The van der Waals surface area contributed by atoms with Gasteiger partial charge < -0.3 is 14.0 Å². The van der Waals surface area contributed by atoms with Gasteiger partial charge in [-0.3, -0.25) is 4.79 Å². The Morgan fingerprint density at radius 3 is 2.70 bits per heavy atom. The van der Waals surface area contributed by atoms with Crippen LogP contribution in [0, 0.1) is 0 Å². The van der Waals surface area contributed by atoms with Gasteiger partial charge in [0.2, 0.25) is 0 Å². The molecule has 27 heavy (non-hydrogen) atoms. The van der Waals surface area contributed by atoms with Crippen LogP contribution in [0.4, 0.5) is 4.79 Å². The number of carbonyl (C=O) groups is 1. The van der Waals surface area contributed by atoms with Crippen LogP contribution in [-0.2, 0) is 17.7 Å². The number of hydrogen-bond donors (Lipinski definition) is 0. The Kier molecular flexibility index (Phi) is 4.58. The Bertz CT molecular complexity index is 1050. The molecule has 1 aliphatic heterocycles. The second-order valence-corrected chi connectivity index (χ2v) is 7.55. The van der Waals surface area contributed by atoms with Crippen molar-refractivity contribution in [2.24, 2.45) is 0 Å². The van der Waals surface area contributed by atoms with Crippen LogP contribution in [0.15, 0.2) is 52.6 Å². The number of rotatable bonds is 3. The molecule has 0 spiro atoms. The molecular formula is C21H19NO4S. The molecule has 3 heterocycles. The molecule has 2 aromatic heterocycles. The molecule has 3 aromatic rings. The van der Waals surface area contributed by atoms with Crippen LogP contribution in [-0.4, -0.2) is 16.8 Å². The van der Waals surface area contributed by atoms with E-state index in [9.17, 15) is 9.59 Å². The number of aromatic nitrogens is 1. The van der Waals surface area contributed by atoms with E-state index in [1.165, 1.54) is 0 Å². The fourth-order valence-corrected chi connectivity index (χ4v) is 4.28. The number of ether oxygens (including phenoxy) is 2. The van der Waals surface area contributed by atoms with E-state index >= 15 is 0 Å². The standard InChI is InChI=1S/C21H19NO4S/c1-13(2)25-21(24)26-17-12-16(14-6-4-3-5-7-14)20(23)22-10-8-15-9-11-27-19(15)18(17)22/h3-7,9,11-13H,8,10H2,1-2H3. The third-order valence-corrected chi connectivity index (χ3v) is 5.39. The highest BCUT2D eigenvalue weighted by atomic mass is 32.1. The summed E-state index contributed by atoms with van der Waals surface area (Å²) in [7, 11) is 0. The summed E-state index contributed by atoms with van der Waals surface area (Å²) in [6, 6.07) is 13.1. The Morgan fingerprint density at radius 2 is 1.96 bits per heavy atom. The van der Waals surface area contributed by atoms with Gasteiger partial charge in [0.05, 0.1) is 16.5 Å². The van der Waals surface area contributed by atoms with Crippen LogP contribution in [0.5, 0.6) is 5.75 Å². The summed E-state index contributed by atoms with van der Waals surface area (Å²) in [4.78, 5) is 26.3. The van der Waals surface area contributed by atoms with Gasteiger partial charge in [0, 0.05) is 6.54 Å². The molecule has 0 amide bonds. The summed E-state index contributed by atoms with van der Waals surface area (Å²) in [5.74, 6) is 0.350. The Balaban J connectivity index is 1.90. The zero-order valence-electron chi connectivity index (χ0n) is 15.1. The van der Waals surface area contributed by atoms with Crippen LogP contribution < -0.4 is 10.3 Å². The average Bonchev–Trinajstić information content (AvgIpc) is 3.12. The number of hydrogen-bond acceptors (Lipinski definition) is 5. The molecule has 138 valence electrons. The molecule has 0 bridgehead atoms. The smallest absolute Gasteiger partial charge is 0.431 e. The number of nitrogens with zero attached hydrogens (tertiary/aromatic N) is 1. The van der Waals surface area contributed by atoms with E-state index in [-0.39, 0.29) is 11.7 Å². The van der Waals surface area contributed by atoms with Gasteiger partial charge >= 0.3 is 6.16 Å². The van der Waals surface area contributed by atoms with E-state index in [0.717, 1.165) is 22.4 Å². The van der Waals surface area contributed by atoms with E-state index in [1.807, 2.05) is 35.7 Å². The first-order valence-electron chi connectivity index (χ1n) is 8.83. The summed E-state index contributed by atoms with van der Waals surface area (Å²) in [5.41, 5.74) is 3.02. The highest BCUT2D eigenvalue weighted by molar-refractivity contribution is 7.13. The van der Waals surface area contributed by atoms with Crippen molar-refractivity contribution in [3.8, 4) is 27.4 Å².